The summed E-state index contributed by atoms with van der Waals surface area (Å²) in [5, 5.41) is 5.21. The molecular weight excluding hydrogens is 424 g/mol. The van der Waals surface area contributed by atoms with Crippen molar-refractivity contribution in [1.29, 1.82) is 0 Å². The van der Waals surface area contributed by atoms with Crippen LogP contribution >= 0.6 is 0 Å². The lowest BCUT2D eigenvalue weighted by atomic mass is 10.00. The summed E-state index contributed by atoms with van der Waals surface area (Å²) in [6.07, 6.45) is 8.10. The molecule has 0 amide bonds. The van der Waals surface area contributed by atoms with Gasteiger partial charge >= 0.3 is 0 Å². The number of aromatic nitrogens is 2. The van der Waals surface area contributed by atoms with Crippen LogP contribution in [0.4, 0.5) is 0 Å². The second kappa shape index (κ2) is 8.36. The van der Waals surface area contributed by atoms with Crippen molar-refractivity contribution in [3.8, 4) is 23.5 Å². The van der Waals surface area contributed by atoms with E-state index in [1.807, 2.05) is 0 Å². The third-order valence-corrected chi connectivity index (χ3v) is 7.36. The van der Waals surface area contributed by atoms with E-state index in [0.29, 0.717) is 6.54 Å². The molecule has 0 bridgehead atoms. The topological polar surface area (TPSA) is 9.86 Å². The molecule has 6 rings (SSSR count). The summed E-state index contributed by atoms with van der Waals surface area (Å²) in [7, 11) is 0. The minimum Gasteiger partial charge on any atom is -0.340 e. The normalized spacial score (nSPS) is 11.7. The fraction of sp³-hybridized carbons (Fsp3) is 0.212. The van der Waals surface area contributed by atoms with Crippen molar-refractivity contribution >= 4 is 43.6 Å². The molecule has 2 aromatic heterocycles. The van der Waals surface area contributed by atoms with Gasteiger partial charge in [-0.2, -0.15) is 0 Å². The molecular formula is C33H30N2. The lowest BCUT2D eigenvalue weighted by Gasteiger charge is -2.08. The van der Waals surface area contributed by atoms with Gasteiger partial charge in [-0.15, -0.1) is 6.42 Å². The number of aryl methyl sites for hydroxylation is 3. The SMILES string of the molecule is C#CCn1c2ccc(C)cc2c2cc(-c3ccc4c(c3)c3cc(C)ccc3n4CCCC)ccc21. The third-order valence-electron chi connectivity index (χ3n) is 7.36. The molecule has 172 valence electrons. The van der Waals surface area contributed by atoms with Crippen LogP contribution in [0.5, 0.6) is 0 Å². The zero-order valence-electron chi connectivity index (χ0n) is 20.7. The van der Waals surface area contributed by atoms with E-state index in [-0.39, 0.29) is 0 Å². The molecule has 2 nitrogen and oxygen atoms in total. The van der Waals surface area contributed by atoms with Gasteiger partial charge in [-0.05, 0) is 79.9 Å². The molecule has 0 atom stereocenters. The number of hydrogen-bond acceptors (Lipinski definition) is 0. The molecule has 0 unspecified atom stereocenters. The summed E-state index contributed by atoms with van der Waals surface area (Å²) in [4.78, 5) is 0. The van der Waals surface area contributed by atoms with Crippen LogP contribution in [-0.2, 0) is 13.1 Å². The minimum absolute atomic E-state index is 0.574. The number of terminal acetylenes is 1. The van der Waals surface area contributed by atoms with Gasteiger partial charge in [-0.3, -0.25) is 0 Å². The van der Waals surface area contributed by atoms with Crippen LogP contribution in [0, 0.1) is 26.2 Å². The fourth-order valence-electron chi connectivity index (χ4n) is 5.61. The van der Waals surface area contributed by atoms with Crippen molar-refractivity contribution in [3.63, 3.8) is 0 Å². The molecule has 0 spiro atoms. The van der Waals surface area contributed by atoms with E-state index >= 15 is 0 Å². The Morgan fingerprint density at radius 2 is 1.09 bits per heavy atom. The maximum Gasteiger partial charge on any atom is 0.0841 e. The highest BCUT2D eigenvalue weighted by Gasteiger charge is 2.14. The van der Waals surface area contributed by atoms with E-state index in [2.05, 4.69) is 109 Å². The van der Waals surface area contributed by atoms with Crippen molar-refractivity contribution in [2.45, 2.75) is 46.7 Å². The van der Waals surface area contributed by atoms with Crippen LogP contribution in [0.1, 0.15) is 30.9 Å². The van der Waals surface area contributed by atoms with Crippen molar-refractivity contribution in [2.24, 2.45) is 0 Å². The molecule has 2 heteroatoms. The summed E-state index contributed by atoms with van der Waals surface area (Å²) in [6, 6.07) is 27.3. The van der Waals surface area contributed by atoms with Gasteiger partial charge in [-0.25, -0.2) is 0 Å². The number of benzene rings is 4. The van der Waals surface area contributed by atoms with Crippen molar-refractivity contribution in [3.05, 3.63) is 83.9 Å². The van der Waals surface area contributed by atoms with Gasteiger partial charge in [0.25, 0.3) is 0 Å². The third kappa shape index (κ3) is 3.43. The fourth-order valence-corrected chi connectivity index (χ4v) is 5.61. The van der Waals surface area contributed by atoms with E-state index in [1.165, 1.54) is 78.7 Å². The lowest BCUT2D eigenvalue weighted by Crippen LogP contribution is -1.97. The Bertz CT molecular complexity index is 1790. The molecule has 0 aliphatic rings. The number of hydrogen-bond donors (Lipinski definition) is 0. The summed E-state index contributed by atoms with van der Waals surface area (Å²) in [6.45, 7) is 8.22. The Morgan fingerprint density at radius 3 is 1.57 bits per heavy atom. The van der Waals surface area contributed by atoms with Gasteiger partial charge in [0.15, 0.2) is 0 Å². The highest BCUT2D eigenvalue weighted by Crippen LogP contribution is 2.36. The molecule has 2 heterocycles. The highest BCUT2D eigenvalue weighted by atomic mass is 15.0. The van der Waals surface area contributed by atoms with E-state index in [1.54, 1.807) is 0 Å². The molecule has 0 fully saturated rings. The number of fused-ring (bicyclic) bond motifs is 6. The van der Waals surface area contributed by atoms with E-state index in [9.17, 15) is 0 Å². The molecule has 4 aromatic carbocycles. The molecule has 0 saturated carbocycles. The van der Waals surface area contributed by atoms with E-state index < -0.39 is 0 Å². The van der Waals surface area contributed by atoms with Crippen molar-refractivity contribution < 1.29 is 0 Å². The Labute approximate surface area is 206 Å². The van der Waals surface area contributed by atoms with E-state index in [4.69, 9.17) is 6.42 Å². The van der Waals surface area contributed by atoms with Crippen LogP contribution in [0.3, 0.4) is 0 Å². The first-order chi connectivity index (χ1) is 17.1. The summed E-state index contributed by atoms with van der Waals surface area (Å²) in [5.74, 6) is 2.83. The Morgan fingerprint density at radius 1 is 0.629 bits per heavy atom. The quantitative estimate of drug-likeness (QED) is 0.231. The average molecular weight is 455 g/mol. The average Bonchev–Trinajstić information content (AvgIpc) is 3.34. The molecule has 0 aliphatic heterocycles. The minimum atomic E-state index is 0.574. The van der Waals surface area contributed by atoms with Gasteiger partial charge in [-0.1, -0.05) is 54.7 Å². The lowest BCUT2D eigenvalue weighted by molar-refractivity contribution is 0.665. The maximum absolute atomic E-state index is 5.72. The largest absolute Gasteiger partial charge is 0.340 e. The second-order valence-electron chi connectivity index (χ2n) is 9.80. The summed E-state index contributed by atoms with van der Waals surface area (Å²) in [5.41, 5.74) is 10.1. The van der Waals surface area contributed by atoms with Crippen LogP contribution in [0.15, 0.2) is 72.8 Å². The van der Waals surface area contributed by atoms with Gasteiger partial charge in [0.2, 0.25) is 0 Å². The first-order valence-electron chi connectivity index (χ1n) is 12.6. The smallest absolute Gasteiger partial charge is 0.0841 e. The predicted octanol–water partition coefficient (Wildman–Crippen LogP) is 8.62. The number of rotatable bonds is 5. The van der Waals surface area contributed by atoms with Crippen LogP contribution in [0.2, 0.25) is 0 Å². The Hall–Kier alpha value is -3.96. The van der Waals surface area contributed by atoms with Crippen LogP contribution in [0.25, 0.3) is 54.7 Å². The second-order valence-corrected chi connectivity index (χ2v) is 9.80. The van der Waals surface area contributed by atoms with Crippen LogP contribution in [-0.4, -0.2) is 9.13 Å². The van der Waals surface area contributed by atoms with Crippen molar-refractivity contribution in [2.75, 3.05) is 0 Å². The predicted molar refractivity (Wildman–Crippen MR) is 151 cm³/mol. The molecule has 6 aromatic rings. The summed E-state index contributed by atoms with van der Waals surface area (Å²) >= 11 is 0. The molecule has 0 aliphatic carbocycles. The van der Waals surface area contributed by atoms with E-state index in [0.717, 1.165) is 6.54 Å². The Balaban J connectivity index is 1.58. The number of nitrogens with zero attached hydrogens (tertiary/aromatic N) is 2. The Kier molecular flexibility index (Phi) is 5.15. The molecule has 0 N–H and O–H groups in total. The van der Waals surface area contributed by atoms with Gasteiger partial charge < -0.3 is 9.13 Å². The van der Waals surface area contributed by atoms with Gasteiger partial charge in [0.05, 0.1) is 12.1 Å². The summed E-state index contributed by atoms with van der Waals surface area (Å²) < 4.78 is 4.75. The van der Waals surface area contributed by atoms with Gasteiger partial charge in [0, 0.05) is 44.6 Å². The standard InChI is InChI=1S/C33H30N2/c1-5-7-17-35-31-13-9-23(4)19-27(31)29-21-25(11-15-33(29)35)24-10-14-32-28(20-24)26-18-22(3)8-12-30(26)34(32)16-6-2/h2,8-15,18-21H,5,7,16-17H2,1,3-4H3. The maximum atomic E-state index is 5.72. The van der Waals surface area contributed by atoms with Gasteiger partial charge in [0.1, 0.15) is 0 Å². The molecule has 35 heavy (non-hydrogen) atoms. The van der Waals surface area contributed by atoms with Crippen molar-refractivity contribution in [1.82, 2.24) is 9.13 Å². The highest BCUT2D eigenvalue weighted by molar-refractivity contribution is 6.11. The first kappa shape index (κ1) is 21.6. The first-order valence-corrected chi connectivity index (χ1v) is 12.6. The number of unbranched alkanes of at least 4 members (excludes halogenated alkanes) is 1. The van der Waals surface area contributed by atoms with Crippen LogP contribution < -0.4 is 0 Å². The molecule has 0 saturated heterocycles. The zero-order chi connectivity index (χ0) is 24.1. The zero-order valence-corrected chi connectivity index (χ0v) is 20.7. The monoisotopic (exact) mass is 454 g/mol. The molecule has 0 radical (unpaired) electrons.